The highest BCUT2D eigenvalue weighted by Gasteiger charge is 2.27. The third-order valence-electron chi connectivity index (χ3n) is 5.34. The van der Waals surface area contributed by atoms with Crippen LogP contribution in [0.5, 0.6) is 0 Å². The van der Waals surface area contributed by atoms with Crippen LogP contribution in [0.3, 0.4) is 0 Å². The second-order valence-electron chi connectivity index (χ2n) is 7.39. The lowest BCUT2D eigenvalue weighted by Crippen LogP contribution is -2.35. The summed E-state index contributed by atoms with van der Waals surface area (Å²) in [5.74, 6) is 0.842. The maximum absolute atomic E-state index is 6.67. The second kappa shape index (κ2) is 11.2. The van der Waals surface area contributed by atoms with E-state index in [1.807, 2.05) is 12.2 Å². The van der Waals surface area contributed by atoms with Gasteiger partial charge in [0, 0.05) is 12.1 Å². The predicted molar refractivity (Wildman–Crippen MR) is 118 cm³/mol. The molecule has 146 valence electrons. The Bertz CT molecular complexity index is 580. The van der Waals surface area contributed by atoms with Crippen LogP contribution in [-0.2, 0) is 6.42 Å². The summed E-state index contributed by atoms with van der Waals surface area (Å²) in [7, 11) is 0. The second-order valence-corrected chi connectivity index (χ2v) is 8.14. The third-order valence-corrected chi connectivity index (χ3v) is 5.79. The molecule has 2 N–H and O–H groups in total. The molecule has 0 bridgehead atoms. The molecule has 1 fully saturated rings. The Morgan fingerprint density at radius 3 is 2.46 bits per heavy atom. The molecule has 0 saturated carbocycles. The number of halogens is 3. The lowest BCUT2D eigenvalue weighted by atomic mass is 9.89. The Labute approximate surface area is 175 Å². The molecule has 1 saturated heterocycles. The van der Waals surface area contributed by atoms with Gasteiger partial charge in [-0.2, -0.15) is 0 Å². The molecule has 2 aliphatic rings. The first-order valence-electron chi connectivity index (χ1n) is 9.22. The molecule has 2 nitrogen and oxygen atoms in total. The van der Waals surface area contributed by atoms with E-state index < -0.39 is 0 Å². The van der Waals surface area contributed by atoms with Crippen molar-refractivity contribution in [2.45, 2.75) is 43.4 Å². The molecule has 1 aliphatic carbocycles. The van der Waals surface area contributed by atoms with E-state index >= 15 is 0 Å². The molecule has 1 unspecified atom stereocenters. The van der Waals surface area contributed by atoms with Crippen molar-refractivity contribution in [3.63, 3.8) is 0 Å². The van der Waals surface area contributed by atoms with Gasteiger partial charge in [-0.25, -0.2) is 0 Å². The molecular weight excluding hydrogens is 387 g/mol. The molecule has 1 aromatic rings. The molecule has 3 rings (SSSR count). The first-order valence-corrected chi connectivity index (χ1v) is 9.60. The highest BCUT2D eigenvalue weighted by atomic mass is 35.5. The van der Waals surface area contributed by atoms with Gasteiger partial charge in [-0.15, -0.1) is 36.4 Å². The number of likely N-dealkylation sites (tertiary alicyclic amines) is 1. The molecule has 1 aromatic carbocycles. The number of hydrogen-bond donors (Lipinski definition) is 1. The highest BCUT2D eigenvalue weighted by Crippen LogP contribution is 2.32. The Hall–Kier alpha value is -0.670. The van der Waals surface area contributed by atoms with Gasteiger partial charge in [0.15, 0.2) is 0 Å². The number of hydrogen-bond acceptors (Lipinski definition) is 2. The van der Waals surface area contributed by atoms with E-state index in [4.69, 9.17) is 17.3 Å². The van der Waals surface area contributed by atoms with Crippen LogP contribution in [0.4, 0.5) is 0 Å². The zero-order valence-corrected chi connectivity index (χ0v) is 17.7. The average molecular weight is 418 g/mol. The maximum atomic E-state index is 6.67. The van der Waals surface area contributed by atoms with Gasteiger partial charge < -0.3 is 10.6 Å². The summed E-state index contributed by atoms with van der Waals surface area (Å²) >= 11 is 6.67. The standard InChI is InChI=1S/C21H29ClN2.2ClH/c22-21(11-4-8-20(23)17-21)12-5-13-24-14-9-19(10-15-24)16-18-6-2-1-3-7-18;;/h1-4,6-8,11,19H,5,9-10,12-17,23H2;2*1H. The summed E-state index contributed by atoms with van der Waals surface area (Å²) in [4.78, 5) is 2.35. The number of rotatable bonds is 6. The smallest absolute Gasteiger partial charge is 0.0683 e. The minimum Gasteiger partial charge on any atom is -0.402 e. The quantitative estimate of drug-likeness (QED) is 0.632. The molecule has 0 spiro atoms. The van der Waals surface area contributed by atoms with Gasteiger partial charge in [-0.3, -0.25) is 0 Å². The van der Waals surface area contributed by atoms with Gasteiger partial charge in [0.05, 0.1) is 4.87 Å². The van der Waals surface area contributed by atoms with Crippen LogP contribution >= 0.6 is 36.4 Å². The maximum Gasteiger partial charge on any atom is 0.0683 e. The summed E-state index contributed by atoms with van der Waals surface area (Å²) < 4.78 is 0. The molecule has 26 heavy (non-hydrogen) atoms. The normalized spacial score (nSPS) is 23.7. The number of benzene rings is 1. The van der Waals surface area contributed by atoms with Gasteiger partial charge in [0.2, 0.25) is 0 Å². The van der Waals surface area contributed by atoms with E-state index in [1.54, 1.807) is 0 Å². The van der Waals surface area contributed by atoms with Crippen molar-refractivity contribution in [3.8, 4) is 0 Å². The summed E-state index contributed by atoms with van der Waals surface area (Å²) in [6.07, 6.45) is 12.9. The van der Waals surface area contributed by atoms with Crippen molar-refractivity contribution in [2.24, 2.45) is 11.7 Å². The lowest BCUT2D eigenvalue weighted by Gasteiger charge is -2.33. The predicted octanol–water partition coefficient (Wildman–Crippen LogP) is 5.35. The zero-order valence-electron chi connectivity index (χ0n) is 15.3. The fraction of sp³-hybridized carbons (Fsp3) is 0.524. The van der Waals surface area contributed by atoms with Gasteiger partial charge >= 0.3 is 0 Å². The van der Waals surface area contributed by atoms with Crippen LogP contribution in [0.2, 0.25) is 0 Å². The Morgan fingerprint density at radius 1 is 1.12 bits per heavy atom. The zero-order chi connectivity index (χ0) is 16.8. The Balaban J connectivity index is 0.00000169. The molecular formula is C21H31Cl3N2. The van der Waals surface area contributed by atoms with E-state index in [9.17, 15) is 0 Å². The molecule has 5 heteroatoms. The van der Waals surface area contributed by atoms with Crippen LogP contribution in [0, 0.1) is 5.92 Å². The van der Waals surface area contributed by atoms with Crippen LogP contribution in [0.1, 0.15) is 37.7 Å². The summed E-state index contributed by atoms with van der Waals surface area (Å²) in [6.45, 7) is 3.61. The van der Waals surface area contributed by atoms with Crippen molar-refractivity contribution in [1.29, 1.82) is 0 Å². The van der Waals surface area contributed by atoms with Crippen LogP contribution in [-0.4, -0.2) is 29.4 Å². The fourth-order valence-corrected chi connectivity index (χ4v) is 4.29. The minimum atomic E-state index is -0.259. The van der Waals surface area contributed by atoms with E-state index in [-0.39, 0.29) is 29.7 Å². The monoisotopic (exact) mass is 416 g/mol. The largest absolute Gasteiger partial charge is 0.402 e. The molecule has 1 heterocycles. The van der Waals surface area contributed by atoms with Gasteiger partial charge in [0.1, 0.15) is 0 Å². The lowest BCUT2D eigenvalue weighted by molar-refractivity contribution is 0.180. The number of alkyl halides is 1. The van der Waals surface area contributed by atoms with Gasteiger partial charge in [-0.1, -0.05) is 42.5 Å². The minimum absolute atomic E-state index is 0. The van der Waals surface area contributed by atoms with Crippen LogP contribution in [0.25, 0.3) is 0 Å². The van der Waals surface area contributed by atoms with Gasteiger partial charge in [-0.05, 0) is 69.3 Å². The first kappa shape index (κ1) is 23.4. The third kappa shape index (κ3) is 7.15. The van der Waals surface area contributed by atoms with E-state index in [0.29, 0.717) is 0 Å². The topological polar surface area (TPSA) is 29.3 Å². The van der Waals surface area contributed by atoms with Gasteiger partial charge in [0.25, 0.3) is 0 Å². The summed E-state index contributed by atoms with van der Waals surface area (Å²) in [6, 6.07) is 10.9. The highest BCUT2D eigenvalue weighted by molar-refractivity contribution is 6.25. The SMILES string of the molecule is Cl.Cl.NC1=CC=CC(Cl)(CCCN2CCC(Cc3ccccc3)CC2)C1. The number of nitrogens with zero attached hydrogens (tertiary/aromatic N) is 1. The molecule has 0 amide bonds. The molecule has 1 atom stereocenters. The van der Waals surface area contributed by atoms with Crippen molar-refractivity contribution in [1.82, 2.24) is 4.90 Å². The van der Waals surface area contributed by atoms with Crippen molar-refractivity contribution in [3.05, 3.63) is 59.8 Å². The van der Waals surface area contributed by atoms with Crippen LogP contribution in [0.15, 0.2) is 54.3 Å². The van der Waals surface area contributed by atoms with E-state index in [1.165, 1.54) is 37.9 Å². The Kier molecular flexibility index (Phi) is 10.1. The van der Waals surface area contributed by atoms with Crippen LogP contribution < -0.4 is 5.73 Å². The number of allylic oxidation sites excluding steroid dienone is 4. The van der Waals surface area contributed by atoms with Crippen molar-refractivity contribution < 1.29 is 0 Å². The first-order chi connectivity index (χ1) is 11.6. The Morgan fingerprint density at radius 2 is 1.81 bits per heavy atom. The fourth-order valence-electron chi connectivity index (χ4n) is 3.93. The average Bonchev–Trinajstić information content (AvgIpc) is 2.57. The van der Waals surface area contributed by atoms with E-state index in [2.05, 4.69) is 41.3 Å². The van der Waals surface area contributed by atoms with E-state index in [0.717, 1.165) is 37.4 Å². The van der Waals surface area contributed by atoms with Crippen molar-refractivity contribution in [2.75, 3.05) is 19.6 Å². The van der Waals surface area contributed by atoms with Crippen molar-refractivity contribution >= 4 is 36.4 Å². The molecule has 0 aromatic heterocycles. The summed E-state index contributed by atoms with van der Waals surface area (Å²) in [5.41, 5.74) is 8.30. The number of nitrogens with two attached hydrogens (primary N) is 1. The number of piperidine rings is 1. The molecule has 1 aliphatic heterocycles. The molecule has 0 radical (unpaired) electrons. The summed E-state index contributed by atoms with van der Waals surface area (Å²) in [5, 5.41) is 0.